The lowest BCUT2D eigenvalue weighted by Gasteiger charge is -2.12. The van der Waals surface area contributed by atoms with Gasteiger partial charge in [0.15, 0.2) is 0 Å². The highest BCUT2D eigenvalue weighted by molar-refractivity contribution is 5.92. The van der Waals surface area contributed by atoms with Gasteiger partial charge >= 0.3 is 0 Å². The van der Waals surface area contributed by atoms with E-state index in [1.807, 2.05) is 19.1 Å². The van der Waals surface area contributed by atoms with Crippen LogP contribution >= 0.6 is 0 Å². The van der Waals surface area contributed by atoms with Gasteiger partial charge in [-0.3, -0.25) is 9.78 Å². The standard InChI is InChI=1S/C17H21N5O/c1-12-10-15(16(23)21-14-4-2-3-5-14)22-17(20-12)19-11-13-6-8-18-9-7-13/h6-10,14H,2-5,11H2,1H3,(H,21,23)(H,19,20,22). The first-order valence-corrected chi connectivity index (χ1v) is 8.00. The molecule has 23 heavy (non-hydrogen) atoms. The Labute approximate surface area is 135 Å². The molecule has 1 saturated carbocycles. The lowest BCUT2D eigenvalue weighted by Crippen LogP contribution is -2.33. The van der Waals surface area contributed by atoms with Gasteiger partial charge in [0.05, 0.1) is 0 Å². The topological polar surface area (TPSA) is 79.8 Å². The Hall–Kier alpha value is -2.50. The number of hydrogen-bond acceptors (Lipinski definition) is 5. The van der Waals surface area contributed by atoms with Crippen LogP contribution in [0.15, 0.2) is 30.6 Å². The number of carbonyl (C=O) groups is 1. The maximum absolute atomic E-state index is 12.3. The SMILES string of the molecule is Cc1cc(C(=O)NC2CCCC2)nc(NCc2ccncc2)n1. The van der Waals surface area contributed by atoms with E-state index < -0.39 is 0 Å². The van der Waals surface area contributed by atoms with E-state index in [9.17, 15) is 4.79 Å². The van der Waals surface area contributed by atoms with E-state index in [0.29, 0.717) is 18.2 Å². The predicted octanol–water partition coefficient (Wildman–Crippen LogP) is 2.46. The van der Waals surface area contributed by atoms with Crippen molar-refractivity contribution in [1.82, 2.24) is 20.3 Å². The number of pyridine rings is 1. The molecule has 1 amide bonds. The van der Waals surface area contributed by atoms with Crippen molar-refractivity contribution in [2.45, 2.75) is 45.2 Å². The molecule has 2 aromatic heterocycles. The first kappa shape index (κ1) is 15.4. The summed E-state index contributed by atoms with van der Waals surface area (Å²) in [6.07, 6.45) is 7.98. The Morgan fingerprint density at radius 2 is 1.96 bits per heavy atom. The molecule has 1 fully saturated rings. The summed E-state index contributed by atoms with van der Waals surface area (Å²) >= 11 is 0. The van der Waals surface area contributed by atoms with Crippen molar-refractivity contribution in [3.8, 4) is 0 Å². The average Bonchev–Trinajstić information content (AvgIpc) is 3.06. The number of carbonyl (C=O) groups excluding carboxylic acids is 1. The number of anilines is 1. The smallest absolute Gasteiger partial charge is 0.270 e. The summed E-state index contributed by atoms with van der Waals surface area (Å²) in [5, 5.41) is 6.22. The summed E-state index contributed by atoms with van der Waals surface area (Å²) in [6.45, 7) is 2.46. The first-order valence-electron chi connectivity index (χ1n) is 8.00. The normalized spacial score (nSPS) is 14.7. The summed E-state index contributed by atoms with van der Waals surface area (Å²) in [5.74, 6) is 0.354. The molecule has 2 aromatic rings. The van der Waals surface area contributed by atoms with Gasteiger partial charge in [0, 0.05) is 30.7 Å². The second kappa shape index (κ2) is 7.17. The third kappa shape index (κ3) is 4.25. The minimum atomic E-state index is -0.116. The lowest BCUT2D eigenvalue weighted by atomic mass is 10.2. The highest BCUT2D eigenvalue weighted by Gasteiger charge is 2.19. The summed E-state index contributed by atoms with van der Waals surface area (Å²) in [5.41, 5.74) is 2.28. The van der Waals surface area contributed by atoms with Gasteiger partial charge in [-0.1, -0.05) is 12.8 Å². The number of nitrogens with zero attached hydrogens (tertiary/aromatic N) is 3. The van der Waals surface area contributed by atoms with Gasteiger partial charge in [-0.2, -0.15) is 0 Å². The van der Waals surface area contributed by atoms with E-state index in [1.165, 1.54) is 12.8 Å². The van der Waals surface area contributed by atoms with Gasteiger partial charge in [-0.25, -0.2) is 9.97 Å². The van der Waals surface area contributed by atoms with E-state index >= 15 is 0 Å². The molecule has 6 heteroatoms. The van der Waals surface area contributed by atoms with Gasteiger partial charge in [-0.15, -0.1) is 0 Å². The number of amides is 1. The van der Waals surface area contributed by atoms with Crippen LogP contribution in [0, 0.1) is 6.92 Å². The second-order valence-electron chi connectivity index (χ2n) is 5.88. The van der Waals surface area contributed by atoms with Crippen LogP contribution in [0.3, 0.4) is 0 Å². The summed E-state index contributed by atoms with van der Waals surface area (Å²) in [4.78, 5) is 25.0. The summed E-state index contributed by atoms with van der Waals surface area (Å²) in [7, 11) is 0. The number of rotatable bonds is 5. The molecule has 1 aliphatic carbocycles. The van der Waals surface area contributed by atoms with Gasteiger partial charge < -0.3 is 10.6 Å². The molecule has 2 heterocycles. The molecule has 0 spiro atoms. The van der Waals surface area contributed by atoms with E-state index in [4.69, 9.17) is 0 Å². The molecule has 0 aromatic carbocycles. The van der Waals surface area contributed by atoms with Crippen LogP contribution in [0.5, 0.6) is 0 Å². The average molecular weight is 311 g/mol. The summed E-state index contributed by atoms with van der Waals surface area (Å²) in [6, 6.07) is 5.86. The summed E-state index contributed by atoms with van der Waals surface area (Å²) < 4.78 is 0. The van der Waals surface area contributed by atoms with Gasteiger partial charge in [0.1, 0.15) is 5.69 Å². The Morgan fingerprint density at radius 1 is 1.22 bits per heavy atom. The number of nitrogens with one attached hydrogen (secondary N) is 2. The molecule has 3 rings (SSSR count). The quantitative estimate of drug-likeness (QED) is 0.886. The van der Waals surface area contributed by atoms with Crippen LogP contribution in [-0.2, 0) is 6.54 Å². The van der Waals surface area contributed by atoms with E-state index in [1.54, 1.807) is 18.5 Å². The Balaban J connectivity index is 1.67. The van der Waals surface area contributed by atoms with Gasteiger partial charge in [0.2, 0.25) is 5.95 Å². The molecule has 0 aliphatic heterocycles. The second-order valence-corrected chi connectivity index (χ2v) is 5.88. The maximum Gasteiger partial charge on any atom is 0.270 e. The molecule has 0 radical (unpaired) electrons. The Kier molecular flexibility index (Phi) is 4.80. The van der Waals surface area contributed by atoms with Gasteiger partial charge in [-0.05, 0) is 43.5 Å². The highest BCUT2D eigenvalue weighted by Crippen LogP contribution is 2.18. The number of aromatic nitrogens is 3. The molecular weight excluding hydrogens is 290 g/mol. The molecule has 2 N–H and O–H groups in total. The third-order valence-electron chi connectivity index (χ3n) is 3.98. The molecule has 1 aliphatic rings. The minimum absolute atomic E-state index is 0.116. The molecule has 0 bridgehead atoms. The zero-order valence-electron chi connectivity index (χ0n) is 13.2. The van der Waals surface area contributed by atoms with E-state index in [2.05, 4.69) is 25.6 Å². The fourth-order valence-corrected chi connectivity index (χ4v) is 2.78. The monoisotopic (exact) mass is 311 g/mol. The van der Waals surface area contributed by atoms with Crippen LogP contribution in [0.2, 0.25) is 0 Å². The van der Waals surface area contributed by atoms with Crippen LogP contribution < -0.4 is 10.6 Å². The van der Waals surface area contributed by atoms with Crippen LogP contribution in [-0.4, -0.2) is 26.9 Å². The van der Waals surface area contributed by atoms with E-state index in [-0.39, 0.29) is 11.9 Å². The molecule has 0 saturated heterocycles. The zero-order chi connectivity index (χ0) is 16.1. The molecular formula is C17H21N5O. The van der Waals surface area contributed by atoms with Crippen molar-refractivity contribution in [3.05, 3.63) is 47.5 Å². The fraction of sp³-hybridized carbons (Fsp3) is 0.412. The first-order chi connectivity index (χ1) is 11.2. The van der Waals surface area contributed by atoms with Crippen molar-refractivity contribution in [2.75, 3.05) is 5.32 Å². The van der Waals surface area contributed by atoms with Crippen LogP contribution in [0.25, 0.3) is 0 Å². The van der Waals surface area contributed by atoms with Crippen molar-refractivity contribution < 1.29 is 4.79 Å². The highest BCUT2D eigenvalue weighted by atomic mass is 16.1. The van der Waals surface area contributed by atoms with Crippen LogP contribution in [0.1, 0.15) is 47.4 Å². The zero-order valence-corrected chi connectivity index (χ0v) is 13.2. The minimum Gasteiger partial charge on any atom is -0.350 e. The molecule has 6 nitrogen and oxygen atoms in total. The van der Waals surface area contributed by atoms with Crippen LogP contribution in [0.4, 0.5) is 5.95 Å². The Bertz CT molecular complexity index is 668. The van der Waals surface area contributed by atoms with Gasteiger partial charge in [0.25, 0.3) is 5.91 Å². The van der Waals surface area contributed by atoms with Crippen molar-refractivity contribution in [3.63, 3.8) is 0 Å². The maximum atomic E-state index is 12.3. The fourth-order valence-electron chi connectivity index (χ4n) is 2.78. The van der Waals surface area contributed by atoms with Crippen molar-refractivity contribution in [1.29, 1.82) is 0 Å². The van der Waals surface area contributed by atoms with E-state index in [0.717, 1.165) is 24.1 Å². The third-order valence-corrected chi connectivity index (χ3v) is 3.98. The van der Waals surface area contributed by atoms with Crippen molar-refractivity contribution >= 4 is 11.9 Å². The molecule has 0 unspecified atom stereocenters. The largest absolute Gasteiger partial charge is 0.350 e. The molecule has 0 atom stereocenters. The molecule has 120 valence electrons. The van der Waals surface area contributed by atoms with Crippen molar-refractivity contribution in [2.24, 2.45) is 0 Å². The predicted molar refractivity (Wildman–Crippen MR) is 88.1 cm³/mol. The number of hydrogen-bond donors (Lipinski definition) is 2. The Morgan fingerprint density at radius 3 is 2.70 bits per heavy atom. The lowest BCUT2D eigenvalue weighted by molar-refractivity contribution is 0.0932. The number of aryl methyl sites for hydroxylation is 1.